The van der Waals surface area contributed by atoms with Gasteiger partial charge in [0.05, 0.1) is 16.2 Å². The van der Waals surface area contributed by atoms with Gasteiger partial charge >= 0.3 is 6.61 Å². The van der Waals surface area contributed by atoms with E-state index >= 15 is 0 Å². The quantitative estimate of drug-likeness (QED) is 0.866. The molecule has 0 saturated heterocycles. The summed E-state index contributed by atoms with van der Waals surface area (Å²) in [6, 6.07) is 2.95. The molecule has 0 amide bonds. The summed E-state index contributed by atoms with van der Waals surface area (Å²) in [5, 5.41) is 9.82. The van der Waals surface area contributed by atoms with E-state index < -0.39 is 6.61 Å². The minimum atomic E-state index is -2.97. The summed E-state index contributed by atoms with van der Waals surface area (Å²) < 4.78 is 28.6. The van der Waals surface area contributed by atoms with E-state index in [9.17, 15) is 8.78 Å². The van der Waals surface area contributed by atoms with E-state index in [1.54, 1.807) is 6.20 Å². The van der Waals surface area contributed by atoms with Crippen molar-refractivity contribution < 1.29 is 13.5 Å². The molecule has 1 aromatic heterocycles. The highest BCUT2D eigenvalue weighted by Crippen LogP contribution is 2.37. The van der Waals surface area contributed by atoms with E-state index in [-0.39, 0.29) is 15.8 Å². The molecule has 20 heavy (non-hydrogen) atoms. The first-order valence-electron chi connectivity index (χ1n) is 5.64. The van der Waals surface area contributed by atoms with E-state index in [2.05, 4.69) is 20.3 Å². The Labute approximate surface area is 124 Å². The van der Waals surface area contributed by atoms with Gasteiger partial charge in [-0.25, -0.2) is 0 Å². The fourth-order valence-electron chi connectivity index (χ4n) is 1.61. The second-order valence-corrected chi connectivity index (χ2v) is 4.84. The Bertz CT molecular complexity index is 581. The number of nitrogens with one attached hydrogen (secondary N) is 2. The van der Waals surface area contributed by atoms with Crippen molar-refractivity contribution in [2.45, 2.75) is 20.1 Å². The van der Waals surface area contributed by atoms with E-state index in [0.717, 1.165) is 11.3 Å². The molecular formula is C12H11Cl2F2N3O. The Balaban J connectivity index is 2.12. The predicted octanol–water partition coefficient (Wildman–Crippen LogP) is 4.24. The predicted molar refractivity (Wildman–Crippen MR) is 73.7 cm³/mol. The zero-order valence-electron chi connectivity index (χ0n) is 10.4. The molecule has 2 rings (SSSR count). The van der Waals surface area contributed by atoms with Crippen LogP contribution in [0.25, 0.3) is 0 Å². The summed E-state index contributed by atoms with van der Waals surface area (Å²) in [6.45, 7) is -0.578. The summed E-state index contributed by atoms with van der Waals surface area (Å²) in [4.78, 5) is 0. The van der Waals surface area contributed by atoms with Crippen LogP contribution < -0.4 is 10.1 Å². The minimum absolute atomic E-state index is 0.0178. The third kappa shape index (κ3) is 3.52. The van der Waals surface area contributed by atoms with E-state index in [1.165, 1.54) is 12.1 Å². The number of halogens is 4. The van der Waals surface area contributed by atoms with E-state index in [0.29, 0.717) is 12.2 Å². The molecule has 0 fully saturated rings. The second kappa shape index (κ2) is 6.28. The van der Waals surface area contributed by atoms with Gasteiger partial charge in [-0.2, -0.15) is 13.9 Å². The van der Waals surface area contributed by atoms with Crippen LogP contribution in [0, 0.1) is 6.92 Å². The highest BCUT2D eigenvalue weighted by atomic mass is 35.5. The molecule has 4 nitrogen and oxygen atoms in total. The average molecular weight is 322 g/mol. The Morgan fingerprint density at radius 3 is 2.50 bits per heavy atom. The van der Waals surface area contributed by atoms with E-state index in [4.69, 9.17) is 23.2 Å². The highest BCUT2D eigenvalue weighted by molar-refractivity contribution is 6.37. The van der Waals surface area contributed by atoms with Crippen molar-refractivity contribution in [3.05, 3.63) is 39.6 Å². The SMILES string of the molecule is Cc1[nH]ncc1CNc1cc(Cl)c(OC(F)F)c(Cl)c1. The summed E-state index contributed by atoms with van der Waals surface area (Å²) in [7, 11) is 0. The molecule has 0 aliphatic rings. The van der Waals surface area contributed by atoms with Crippen LogP contribution in [0.3, 0.4) is 0 Å². The van der Waals surface area contributed by atoms with Crippen LogP contribution in [0.2, 0.25) is 10.0 Å². The number of rotatable bonds is 5. The maximum atomic E-state index is 12.2. The zero-order valence-corrected chi connectivity index (χ0v) is 11.9. The van der Waals surface area contributed by atoms with Gasteiger partial charge < -0.3 is 10.1 Å². The number of H-pyrrole nitrogens is 1. The number of alkyl halides is 2. The number of benzene rings is 1. The van der Waals surface area contributed by atoms with Crippen molar-refractivity contribution in [2.24, 2.45) is 0 Å². The fraction of sp³-hybridized carbons (Fsp3) is 0.250. The number of hydrogen-bond donors (Lipinski definition) is 2. The number of hydrogen-bond acceptors (Lipinski definition) is 3. The maximum absolute atomic E-state index is 12.2. The van der Waals surface area contributed by atoms with Gasteiger partial charge in [0.2, 0.25) is 0 Å². The molecule has 0 aliphatic carbocycles. The first-order valence-corrected chi connectivity index (χ1v) is 6.39. The van der Waals surface area contributed by atoms with Crippen molar-refractivity contribution in [1.29, 1.82) is 0 Å². The van der Waals surface area contributed by atoms with Crippen LogP contribution in [0.15, 0.2) is 18.3 Å². The van der Waals surface area contributed by atoms with Crippen LogP contribution in [-0.4, -0.2) is 16.8 Å². The summed E-state index contributed by atoms with van der Waals surface area (Å²) in [5.74, 6) is -0.228. The monoisotopic (exact) mass is 321 g/mol. The smallest absolute Gasteiger partial charge is 0.387 e. The zero-order chi connectivity index (χ0) is 14.7. The maximum Gasteiger partial charge on any atom is 0.387 e. The van der Waals surface area contributed by atoms with Gasteiger partial charge in [0, 0.05) is 23.5 Å². The third-order valence-electron chi connectivity index (χ3n) is 2.62. The fourth-order valence-corrected chi connectivity index (χ4v) is 2.19. The summed E-state index contributed by atoms with van der Waals surface area (Å²) in [5.41, 5.74) is 2.51. The lowest BCUT2D eigenvalue weighted by molar-refractivity contribution is -0.0497. The van der Waals surface area contributed by atoms with Crippen molar-refractivity contribution in [3.63, 3.8) is 0 Å². The molecule has 0 atom stereocenters. The molecule has 0 unspecified atom stereocenters. The van der Waals surface area contributed by atoms with Crippen molar-refractivity contribution in [3.8, 4) is 5.75 Å². The molecule has 0 bridgehead atoms. The van der Waals surface area contributed by atoms with Gasteiger partial charge in [-0.05, 0) is 19.1 Å². The molecular weight excluding hydrogens is 311 g/mol. The number of nitrogens with zero attached hydrogens (tertiary/aromatic N) is 1. The summed E-state index contributed by atoms with van der Waals surface area (Å²) in [6.07, 6.45) is 1.69. The normalized spacial score (nSPS) is 10.9. The highest BCUT2D eigenvalue weighted by Gasteiger charge is 2.14. The number of ether oxygens (including phenoxy) is 1. The Morgan fingerprint density at radius 2 is 2.00 bits per heavy atom. The molecule has 108 valence electrons. The van der Waals surface area contributed by atoms with Gasteiger partial charge in [-0.3, -0.25) is 5.10 Å². The van der Waals surface area contributed by atoms with Crippen LogP contribution in [0.5, 0.6) is 5.75 Å². The molecule has 2 aromatic rings. The van der Waals surface area contributed by atoms with Crippen molar-refractivity contribution >= 4 is 28.9 Å². The third-order valence-corrected chi connectivity index (χ3v) is 3.18. The van der Waals surface area contributed by atoms with Crippen LogP contribution in [0.4, 0.5) is 14.5 Å². The first-order chi connectivity index (χ1) is 9.47. The molecule has 1 heterocycles. The lowest BCUT2D eigenvalue weighted by Crippen LogP contribution is -2.04. The van der Waals surface area contributed by atoms with Gasteiger partial charge in [-0.15, -0.1) is 0 Å². The van der Waals surface area contributed by atoms with Crippen LogP contribution in [0.1, 0.15) is 11.3 Å². The van der Waals surface area contributed by atoms with Gasteiger partial charge in [0.1, 0.15) is 0 Å². The molecule has 0 aliphatic heterocycles. The molecule has 0 saturated carbocycles. The Morgan fingerprint density at radius 1 is 1.35 bits per heavy atom. The molecule has 1 aromatic carbocycles. The number of anilines is 1. The van der Waals surface area contributed by atoms with Gasteiger partial charge in [0.25, 0.3) is 0 Å². The molecule has 8 heteroatoms. The lowest BCUT2D eigenvalue weighted by Gasteiger charge is -2.12. The minimum Gasteiger partial charge on any atom is -0.432 e. The topological polar surface area (TPSA) is 49.9 Å². The number of aromatic nitrogens is 2. The molecule has 2 N–H and O–H groups in total. The molecule has 0 spiro atoms. The first kappa shape index (κ1) is 14.9. The largest absolute Gasteiger partial charge is 0.432 e. The average Bonchev–Trinajstić information content (AvgIpc) is 2.77. The molecule has 0 radical (unpaired) electrons. The second-order valence-electron chi connectivity index (χ2n) is 4.02. The standard InChI is InChI=1S/C12H11Cl2F2N3O/c1-6-7(5-18-19-6)4-17-8-2-9(13)11(10(14)3-8)20-12(15)16/h2-3,5,12,17H,4H2,1H3,(H,18,19). The Hall–Kier alpha value is -1.53. The van der Waals surface area contributed by atoms with Crippen LogP contribution in [-0.2, 0) is 6.54 Å². The number of aromatic amines is 1. The van der Waals surface area contributed by atoms with E-state index in [1.807, 2.05) is 6.92 Å². The number of aryl methyl sites for hydroxylation is 1. The van der Waals surface area contributed by atoms with Crippen molar-refractivity contribution in [1.82, 2.24) is 10.2 Å². The summed E-state index contributed by atoms with van der Waals surface area (Å²) >= 11 is 11.7. The van der Waals surface area contributed by atoms with Crippen molar-refractivity contribution in [2.75, 3.05) is 5.32 Å². The van der Waals surface area contributed by atoms with Gasteiger partial charge in [-0.1, -0.05) is 23.2 Å². The Kier molecular flexibility index (Phi) is 4.67. The lowest BCUT2D eigenvalue weighted by atomic mass is 10.2. The van der Waals surface area contributed by atoms with Crippen LogP contribution >= 0.6 is 23.2 Å². The van der Waals surface area contributed by atoms with Gasteiger partial charge in [0.15, 0.2) is 5.75 Å².